The number of nitrogens with zero attached hydrogens (tertiary/aromatic N) is 3. The summed E-state index contributed by atoms with van der Waals surface area (Å²) in [5.41, 5.74) is 1.01. The molecular formula is C9H13N5S. The first-order valence-corrected chi connectivity index (χ1v) is 5.51. The lowest BCUT2D eigenvalue weighted by atomic mass is 10.5. The van der Waals surface area contributed by atoms with Crippen molar-refractivity contribution in [1.82, 2.24) is 20.0 Å². The second-order valence-corrected chi connectivity index (χ2v) is 3.87. The van der Waals surface area contributed by atoms with Crippen molar-refractivity contribution in [2.24, 2.45) is 4.99 Å². The van der Waals surface area contributed by atoms with Crippen molar-refractivity contribution < 1.29 is 0 Å². The Morgan fingerprint density at radius 2 is 2.53 bits per heavy atom. The van der Waals surface area contributed by atoms with Gasteiger partial charge in [-0.15, -0.1) is 11.3 Å². The molecule has 0 bridgehead atoms. The molecule has 0 saturated carbocycles. The van der Waals surface area contributed by atoms with Crippen molar-refractivity contribution in [3.8, 4) is 0 Å². The molecule has 80 valence electrons. The zero-order valence-corrected chi connectivity index (χ0v) is 9.51. The van der Waals surface area contributed by atoms with E-state index in [0.29, 0.717) is 6.54 Å². The minimum atomic E-state index is 0.682. The van der Waals surface area contributed by atoms with Gasteiger partial charge in [0.15, 0.2) is 10.9 Å². The van der Waals surface area contributed by atoms with E-state index in [0.717, 1.165) is 16.6 Å². The van der Waals surface area contributed by atoms with E-state index in [1.54, 1.807) is 18.4 Å². The zero-order chi connectivity index (χ0) is 10.7. The fraction of sp³-hybridized carbons (Fsp3) is 0.333. The summed E-state index contributed by atoms with van der Waals surface area (Å²) in [5, 5.41) is 8.13. The number of aliphatic imine (C=N–C) groups is 1. The van der Waals surface area contributed by atoms with Gasteiger partial charge >= 0.3 is 0 Å². The molecule has 0 aromatic carbocycles. The maximum absolute atomic E-state index is 4.45. The monoisotopic (exact) mass is 223 g/mol. The summed E-state index contributed by atoms with van der Waals surface area (Å²) >= 11 is 1.63. The van der Waals surface area contributed by atoms with Gasteiger partial charge in [0.25, 0.3) is 0 Å². The van der Waals surface area contributed by atoms with Gasteiger partial charge in [-0.3, -0.25) is 9.39 Å². The molecule has 2 aromatic heterocycles. The Morgan fingerprint density at radius 3 is 3.20 bits per heavy atom. The van der Waals surface area contributed by atoms with Gasteiger partial charge in [-0.25, -0.2) is 4.98 Å². The van der Waals surface area contributed by atoms with E-state index in [1.807, 2.05) is 29.2 Å². The second kappa shape index (κ2) is 4.31. The summed E-state index contributed by atoms with van der Waals surface area (Å²) < 4.78 is 2.02. The lowest BCUT2D eigenvalue weighted by Crippen LogP contribution is -2.34. The molecule has 0 saturated heterocycles. The molecule has 5 nitrogen and oxygen atoms in total. The number of fused-ring (bicyclic) bond motifs is 1. The fourth-order valence-electron chi connectivity index (χ4n) is 1.31. The van der Waals surface area contributed by atoms with E-state index in [4.69, 9.17) is 0 Å². The molecule has 0 aliphatic rings. The highest BCUT2D eigenvalue weighted by molar-refractivity contribution is 7.15. The van der Waals surface area contributed by atoms with Crippen LogP contribution in [0.1, 0.15) is 5.69 Å². The predicted octanol–water partition coefficient (Wildman–Crippen LogP) is 0.691. The van der Waals surface area contributed by atoms with Crippen LogP contribution in [0.4, 0.5) is 0 Å². The van der Waals surface area contributed by atoms with Gasteiger partial charge in [-0.05, 0) is 0 Å². The topological polar surface area (TPSA) is 53.7 Å². The van der Waals surface area contributed by atoms with Crippen molar-refractivity contribution in [3.63, 3.8) is 0 Å². The average Bonchev–Trinajstić information content (AvgIpc) is 2.79. The van der Waals surface area contributed by atoms with E-state index in [9.17, 15) is 0 Å². The van der Waals surface area contributed by atoms with Crippen LogP contribution in [-0.2, 0) is 6.54 Å². The van der Waals surface area contributed by atoms with E-state index >= 15 is 0 Å². The van der Waals surface area contributed by atoms with Crippen LogP contribution < -0.4 is 10.6 Å². The molecule has 2 heterocycles. The van der Waals surface area contributed by atoms with Gasteiger partial charge in [-0.1, -0.05) is 0 Å². The number of guanidine groups is 1. The fourth-order valence-corrected chi connectivity index (χ4v) is 2.03. The van der Waals surface area contributed by atoms with Gasteiger partial charge in [0, 0.05) is 31.9 Å². The summed E-state index contributed by atoms with van der Waals surface area (Å²) in [6.07, 6.45) is 4.02. The molecule has 2 rings (SSSR count). The first-order chi connectivity index (χ1) is 7.33. The van der Waals surface area contributed by atoms with Crippen LogP contribution in [0.25, 0.3) is 4.96 Å². The summed E-state index contributed by atoms with van der Waals surface area (Å²) in [6, 6.07) is 0. The number of hydrogen-bond donors (Lipinski definition) is 2. The molecule has 15 heavy (non-hydrogen) atoms. The number of rotatable bonds is 2. The predicted molar refractivity (Wildman–Crippen MR) is 62.3 cm³/mol. The molecule has 0 radical (unpaired) electrons. The maximum Gasteiger partial charge on any atom is 0.193 e. The molecule has 6 heteroatoms. The van der Waals surface area contributed by atoms with E-state index < -0.39 is 0 Å². The largest absolute Gasteiger partial charge is 0.359 e. The van der Waals surface area contributed by atoms with Crippen LogP contribution in [0.3, 0.4) is 0 Å². The van der Waals surface area contributed by atoms with Crippen LogP contribution in [0.5, 0.6) is 0 Å². The third-order valence-electron chi connectivity index (χ3n) is 2.04. The van der Waals surface area contributed by atoms with Crippen LogP contribution in [0, 0.1) is 0 Å². The molecular weight excluding hydrogens is 210 g/mol. The Balaban J connectivity index is 2.03. The molecule has 0 amide bonds. The summed E-state index contributed by atoms with van der Waals surface area (Å²) in [7, 11) is 3.58. The van der Waals surface area contributed by atoms with Crippen LogP contribution >= 0.6 is 11.3 Å². The lowest BCUT2D eigenvalue weighted by Gasteiger charge is -2.05. The number of nitrogens with one attached hydrogen (secondary N) is 2. The molecule has 2 aromatic rings. The molecule has 0 atom stereocenters. The van der Waals surface area contributed by atoms with Crippen LogP contribution in [-0.4, -0.2) is 29.4 Å². The Morgan fingerprint density at radius 1 is 1.67 bits per heavy atom. The molecule has 0 spiro atoms. The SMILES string of the molecule is CN=C(NC)NCc1cn2ccsc2n1. The number of hydrogen-bond acceptors (Lipinski definition) is 3. The highest BCUT2D eigenvalue weighted by atomic mass is 32.1. The molecule has 0 unspecified atom stereocenters. The number of imidazole rings is 1. The standard InChI is InChI=1S/C9H13N5S/c1-10-8(11-2)12-5-7-6-14-3-4-15-9(14)13-7/h3-4,6H,5H2,1-2H3,(H2,10,11,12). The Bertz CT molecular complexity index is 441. The summed E-state index contributed by atoms with van der Waals surface area (Å²) in [5.74, 6) is 0.770. The molecule has 0 aliphatic heterocycles. The highest BCUT2D eigenvalue weighted by Gasteiger charge is 2.02. The smallest absolute Gasteiger partial charge is 0.193 e. The van der Waals surface area contributed by atoms with Crippen LogP contribution in [0.2, 0.25) is 0 Å². The van der Waals surface area contributed by atoms with E-state index in [-0.39, 0.29) is 0 Å². The Labute approximate surface area is 91.9 Å². The first kappa shape index (κ1) is 9.97. The van der Waals surface area contributed by atoms with E-state index in [1.165, 1.54) is 0 Å². The second-order valence-electron chi connectivity index (χ2n) is 3.00. The Kier molecular flexibility index (Phi) is 2.86. The minimum absolute atomic E-state index is 0.682. The van der Waals surface area contributed by atoms with Gasteiger partial charge in [0.2, 0.25) is 0 Å². The maximum atomic E-state index is 4.45. The number of aromatic nitrogens is 2. The van der Waals surface area contributed by atoms with Gasteiger partial charge in [0.05, 0.1) is 12.2 Å². The zero-order valence-electron chi connectivity index (χ0n) is 8.69. The minimum Gasteiger partial charge on any atom is -0.359 e. The first-order valence-electron chi connectivity index (χ1n) is 4.63. The Hall–Kier alpha value is -1.56. The van der Waals surface area contributed by atoms with E-state index in [2.05, 4.69) is 20.6 Å². The number of thiazole rings is 1. The van der Waals surface area contributed by atoms with Crippen LogP contribution in [0.15, 0.2) is 22.8 Å². The quantitative estimate of drug-likeness (QED) is 0.582. The molecule has 0 fully saturated rings. The van der Waals surface area contributed by atoms with Gasteiger partial charge < -0.3 is 10.6 Å². The third-order valence-corrected chi connectivity index (χ3v) is 2.81. The van der Waals surface area contributed by atoms with Crippen molar-refractivity contribution in [3.05, 3.63) is 23.5 Å². The van der Waals surface area contributed by atoms with Crippen molar-refractivity contribution in [2.75, 3.05) is 14.1 Å². The lowest BCUT2D eigenvalue weighted by molar-refractivity contribution is 0.845. The average molecular weight is 223 g/mol. The normalized spacial score (nSPS) is 12.0. The molecule has 2 N–H and O–H groups in total. The highest BCUT2D eigenvalue weighted by Crippen LogP contribution is 2.10. The van der Waals surface area contributed by atoms with Crippen molar-refractivity contribution in [1.29, 1.82) is 0 Å². The summed E-state index contributed by atoms with van der Waals surface area (Å²) in [6.45, 7) is 0.682. The van der Waals surface area contributed by atoms with Crippen molar-refractivity contribution >= 4 is 22.3 Å². The summed E-state index contributed by atoms with van der Waals surface area (Å²) in [4.78, 5) is 9.49. The van der Waals surface area contributed by atoms with Crippen molar-refractivity contribution in [2.45, 2.75) is 6.54 Å². The molecule has 0 aliphatic carbocycles. The third kappa shape index (κ3) is 2.10. The van der Waals surface area contributed by atoms with Gasteiger partial charge in [0.1, 0.15) is 0 Å². The van der Waals surface area contributed by atoms with Gasteiger partial charge in [-0.2, -0.15) is 0 Å².